The van der Waals surface area contributed by atoms with E-state index in [1.165, 1.54) is 19.3 Å². The largest absolute Gasteiger partial charge is 0.299 e. The van der Waals surface area contributed by atoms with E-state index in [-0.39, 0.29) is 0 Å². The maximum atomic E-state index is 11.7. The molecule has 1 fully saturated rings. The van der Waals surface area contributed by atoms with Crippen LogP contribution in [0.5, 0.6) is 0 Å². The molecular weight excluding hydrogens is 172 g/mol. The van der Waals surface area contributed by atoms with E-state index in [9.17, 15) is 4.79 Å². The van der Waals surface area contributed by atoms with Crippen molar-refractivity contribution in [2.75, 3.05) is 0 Å². The maximum absolute atomic E-state index is 11.7. The Balaban J connectivity index is 2.67. The Bertz CT molecular complexity index is 205. The van der Waals surface area contributed by atoms with Crippen LogP contribution < -0.4 is 0 Å². The van der Waals surface area contributed by atoms with Crippen molar-refractivity contribution in [2.24, 2.45) is 17.3 Å². The Morgan fingerprint density at radius 2 is 2.07 bits per heavy atom. The van der Waals surface area contributed by atoms with E-state index >= 15 is 0 Å². The third kappa shape index (κ3) is 2.37. The molecule has 0 saturated heterocycles. The minimum atomic E-state index is 0.297. The first-order valence-electron chi connectivity index (χ1n) is 6.01. The van der Waals surface area contributed by atoms with Gasteiger partial charge in [0.1, 0.15) is 5.78 Å². The number of hydrogen-bond acceptors (Lipinski definition) is 1. The number of Topliss-reactive ketones (excluding diaryl/α,β-unsaturated/α-hetero) is 1. The van der Waals surface area contributed by atoms with Crippen LogP contribution in [0.4, 0.5) is 0 Å². The van der Waals surface area contributed by atoms with E-state index in [0.717, 1.165) is 12.8 Å². The fraction of sp³-hybridized carbons (Fsp3) is 0.923. The molecular formula is C13H24O. The summed E-state index contributed by atoms with van der Waals surface area (Å²) in [4.78, 5) is 11.7. The Morgan fingerprint density at radius 1 is 1.43 bits per heavy atom. The second-order valence-corrected chi connectivity index (χ2v) is 5.49. The van der Waals surface area contributed by atoms with Gasteiger partial charge in [0.25, 0.3) is 0 Å². The molecule has 1 rings (SSSR count). The number of rotatable bonds is 3. The Hall–Kier alpha value is -0.330. The minimum Gasteiger partial charge on any atom is -0.299 e. The van der Waals surface area contributed by atoms with Crippen molar-refractivity contribution < 1.29 is 4.79 Å². The molecule has 0 aromatic heterocycles. The van der Waals surface area contributed by atoms with Gasteiger partial charge in [-0.3, -0.25) is 4.79 Å². The summed E-state index contributed by atoms with van der Waals surface area (Å²) >= 11 is 0. The number of carbonyl (C=O) groups excluding carboxylic acids is 1. The molecule has 2 atom stereocenters. The topological polar surface area (TPSA) is 17.1 Å². The van der Waals surface area contributed by atoms with Gasteiger partial charge in [0.05, 0.1) is 0 Å². The van der Waals surface area contributed by atoms with Crippen molar-refractivity contribution >= 4 is 5.78 Å². The normalized spacial score (nSPS) is 31.9. The Kier molecular flexibility index (Phi) is 3.74. The van der Waals surface area contributed by atoms with Gasteiger partial charge in [-0.1, -0.05) is 40.5 Å². The quantitative estimate of drug-likeness (QED) is 0.670. The van der Waals surface area contributed by atoms with E-state index < -0.39 is 0 Å². The van der Waals surface area contributed by atoms with Gasteiger partial charge in [0, 0.05) is 12.3 Å². The highest BCUT2D eigenvalue weighted by Gasteiger charge is 2.40. The number of hydrogen-bond donors (Lipinski definition) is 0. The van der Waals surface area contributed by atoms with E-state index in [0.29, 0.717) is 23.0 Å². The highest BCUT2D eigenvalue weighted by atomic mass is 16.1. The third-order valence-corrected chi connectivity index (χ3v) is 4.00. The van der Waals surface area contributed by atoms with Crippen LogP contribution in [0, 0.1) is 17.3 Å². The molecule has 1 unspecified atom stereocenters. The Labute approximate surface area is 88.3 Å². The second-order valence-electron chi connectivity index (χ2n) is 5.49. The van der Waals surface area contributed by atoms with E-state index in [2.05, 4.69) is 27.7 Å². The first-order valence-corrected chi connectivity index (χ1v) is 6.01. The van der Waals surface area contributed by atoms with E-state index in [1.54, 1.807) is 0 Å². The summed E-state index contributed by atoms with van der Waals surface area (Å²) in [5.74, 6) is 1.40. The van der Waals surface area contributed by atoms with E-state index in [4.69, 9.17) is 0 Å². The van der Waals surface area contributed by atoms with Gasteiger partial charge in [-0.2, -0.15) is 0 Å². The zero-order valence-electron chi connectivity index (χ0n) is 10.1. The molecule has 0 aliphatic heterocycles. The zero-order valence-corrected chi connectivity index (χ0v) is 10.1. The lowest BCUT2D eigenvalue weighted by molar-refractivity contribution is -0.130. The lowest BCUT2D eigenvalue weighted by Gasteiger charge is -2.42. The second kappa shape index (κ2) is 4.46. The van der Waals surface area contributed by atoms with Crippen LogP contribution in [-0.2, 0) is 4.79 Å². The summed E-state index contributed by atoms with van der Waals surface area (Å²) in [5.41, 5.74) is 0.377. The monoisotopic (exact) mass is 196 g/mol. The highest BCUT2D eigenvalue weighted by molar-refractivity contribution is 5.81. The van der Waals surface area contributed by atoms with Crippen molar-refractivity contribution in [3.63, 3.8) is 0 Å². The van der Waals surface area contributed by atoms with Crippen LogP contribution in [0.25, 0.3) is 0 Å². The molecule has 0 amide bonds. The highest BCUT2D eigenvalue weighted by Crippen LogP contribution is 2.44. The van der Waals surface area contributed by atoms with Gasteiger partial charge >= 0.3 is 0 Å². The molecule has 0 aromatic rings. The average Bonchev–Trinajstić information content (AvgIpc) is 2.12. The standard InChI is InChI=1S/C13H24O/c1-5-6-7-11-10(2)12(14)8-9-13(11,3)4/h10-11H,5-9H2,1-4H3/t10-,11?/m1/s1. The van der Waals surface area contributed by atoms with Crippen LogP contribution in [0.15, 0.2) is 0 Å². The molecule has 82 valence electrons. The minimum absolute atomic E-state index is 0.297. The molecule has 14 heavy (non-hydrogen) atoms. The summed E-state index contributed by atoms with van der Waals surface area (Å²) in [6, 6.07) is 0. The lowest BCUT2D eigenvalue weighted by atomic mass is 9.62. The van der Waals surface area contributed by atoms with Crippen molar-refractivity contribution in [3.8, 4) is 0 Å². The van der Waals surface area contributed by atoms with Crippen LogP contribution in [0.2, 0.25) is 0 Å². The van der Waals surface area contributed by atoms with Crippen LogP contribution in [0.3, 0.4) is 0 Å². The fourth-order valence-corrected chi connectivity index (χ4v) is 2.82. The molecule has 1 aliphatic rings. The Morgan fingerprint density at radius 3 is 2.64 bits per heavy atom. The van der Waals surface area contributed by atoms with Crippen LogP contribution in [-0.4, -0.2) is 5.78 Å². The predicted molar refractivity (Wildman–Crippen MR) is 60.2 cm³/mol. The van der Waals surface area contributed by atoms with Crippen LogP contribution in [0.1, 0.15) is 59.8 Å². The molecule has 0 aromatic carbocycles. The molecule has 1 saturated carbocycles. The number of unbranched alkanes of at least 4 members (excludes halogenated alkanes) is 1. The molecule has 0 N–H and O–H groups in total. The molecule has 0 radical (unpaired) electrons. The average molecular weight is 196 g/mol. The van der Waals surface area contributed by atoms with Crippen molar-refractivity contribution in [3.05, 3.63) is 0 Å². The lowest BCUT2D eigenvalue weighted by Crippen LogP contribution is -2.38. The molecule has 0 bridgehead atoms. The summed E-state index contributed by atoms with van der Waals surface area (Å²) < 4.78 is 0. The smallest absolute Gasteiger partial charge is 0.136 e. The molecule has 0 spiro atoms. The first-order chi connectivity index (χ1) is 6.49. The predicted octanol–water partition coefficient (Wildman–Crippen LogP) is 3.82. The summed E-state index contributed by atoms with van der Waals surface area (Å²) in [5, 5.41) is 0. The van der Waals surface area contributed by atoms with Crippen LogP contribution >= 0.6 is 0 Å². The van der Waals surface area contributed by atoms with Gasteiger partial charge in [0.2, 0.25) is 0 Å². The first kappa shape index (κ1) is 11.7. The van der Waals surface area contributed by atoms with Crippen molar-refractivity contribution in [1.29, 1.82) is 0 Å². The SMILES string of the molecule is CCCCC1[C@@H](C)C(=O)CCC1(C)C. The van der Waals surface area contributed by atoms with Gasteiger partial charge in [-0.05, 0) is 24.2 Å². The van der Waals surface area contributed by atoms with Gasteiger partial charge < -0.3 is 0 Å². The van der Waals surface area contributed by atoms with Crippen molar-refractivity contribution in [2.45, 2.75) is 59.8 Å². The summed E-state index contributed by atoms with van der Waals surface area (Å²) in [6.45, 7) is 9.01. The zero-order chi connectivity index (χ0) is 10.8. The van der Waals surface area contributed by atoms with E-state index in [1.807, 2.05) is 0 Å². The molecule has 1 nitrogen and oxygen atoms in total. The van der Waals surface area contributed by atoms with Gasteiger partial charge in [-0.25, -0.2) is 0 Å². The van der Waals surface area contributed by atoms with Gasteiger partial charge in [-0.15, -0.1) is 0 Å². The summed E-state index contributed by atoms with van der Waals surface area (Å²) in [6.07, 6.45) is 5.64. The third-order valence-electron chi connectivity index (χ3n) is 4.00. The van der Waals surface area contributed by atoms with Crippen molar-refractivity contribution in [1.82, 2.24) is 0 Å². The molecule has 1 aliphatic carbocycles. The molecule has 1 heteroatoms. The summed E-state index contributed by atoms with van der Waals surface area (Å²) in [7, 11) is 0. The fourth-order valence-electron chi connectivity index (χ4n) is 2.82. The van der Waals surface area contributed by atoms with Gasteiger partial charge in [0.15, 0.2) is 0 Å². The maximum Gasteiger partial charge on any atom is 0.136 e. The molecule has 0 heterocycles. The number of carbonyl (C=O) groups is 1. The number of ketones is 1.